The number of amidine groups is 1. The average molecular weight is 532 g/mol. The zero-order valence-electron chi connectivity index (χ0n) is 19.1. The number of anilines is 1. The van der Waals surface area contributed by atoms with E-state index in [0.717, 1.165) is 12.8 Å². The number of aliphatic imine (C=N–C) groups is 1. The molecule has 2 aromatic carbocycles. The largest absolute Gasteiger partial charge is 0.369 e. The van der Waals surface area contributed by atoms with Gasteiger partial charge in [-0.25, -0.2) is 36.7 Å². The van der Waals surface area contributed by atoms with E-state index in [1.165, 1.54) is 12.1 Å². The van der Waals surface area contributed by atoms with Crippen LogP contribution in [-0.2, 0) is 20.0 Å². The molecule has 1 aliphatic carbocycles. The van der Waals surface area contributed by atoms with Crippen molar-refractivity contribution in [1.82, 2.24) is 14.7 Å². The van der Waals surface area contributed by atoms with Gasteiger partial charge in [0.15, 0.2) is 18.5 Å². The Balaban J connectivity index is 1.75. The molecule has 1 aliphatic heterocycles. The van der Waals surface area contributed by atoms with E-state index in [2.05, 4.69) is 29.9 Å². The fraction of sp³-hybridized carbons (Fsp3) is 0.333. The van der Waals surface area contributed by atoms with Crippen molar-refractivity contribution in [2.75, 3.05) is 18.9 Å². The number of nitrogens with zero attached hydrogens (tertiary/aromatic N) is 4. The van der Waals surface area contributed by atoms with Crippen molar-refractivity contribution in [1.29, 1.82) is 0 Å². The zero-order valence-corrected chi connectivity index (χ0v) is 20.7. The van der Waals surface area contributed by atoms with Crippen LogP contribution in [0.25, 0.3) is 22.2 Å². The van der Waals surface area contributed by atoms with Gasteiger partial charge in [-0.3, -0.25) is 0 Å². The Morgan fingerprint density at radius 2 is 1.81 bits per heavy atom. The summed E-state index contributed by atoms with van der Waals surface area (Å²) in [5.74, 6) is 0.104. The minimum atomic E-state index is -4.60. The molecule has 1 aromatic heterocycles. The Labute approximate surface area is 207 Å². The van der Waals surface area contributed by atoms with Gasteiger partial charge in [-0.2, -0.15) is 5.11 Å². The first-order valence-electron chi connectivity index (χ1n) is 11.1. The molecule has 5 rings (SSSR count). The molecule has 2 aliphatic rings. The van der Waals surface area contributed by atoms with E-state index in [1.54, 1.807) is 18.2 Å². The van der Waals surface area contributed by atoms with Gasteiger partial charge < -0.3 is 16.5 Å². The molecule has 0 saturated heterocycles. The van der Waals surface area contributed by atoms with Crippen molar-refractivity contribution in [2.24, 2.45) is 26.1 Å². The summed E-state index contributed by atoms with van der Waals surface area (Å²) in [6.07, 6.45) is 3.12. The van der Waals surface area contributed by atoms with Gasteiger partial charge >= 0.3 is 0 Å². The number of nitrogen functional groups attached to an aromatic ring is 1. The Kier molecular flexibility index (Phi) is 5.91. The number of benzene rings is 2. The molecule has 0 amide bonds. The quantitative estimate of drug-likeness (QED) is 0.299. The Morgan fingerprint density at radius 3 is 2.47 bits per heavy atom. The molecule has 15 heteroatoms. The smallest absolute Gasteiger partial charge is 0.242 e. The number of para-hydroxylation sites is 1. The number of hydrogen-bond donors (Lipinski definition) is 5. The number of azo groups is 1. The standard InChI is InChI=1S/C21H25N9O4S2/c22-20-28-14-5-3-4-13(17(14)29-20)12-6-7-15(36(33,34)27-10-21(23)8-1-2-9-21)18(35(24,31)32)16(12)19-25-11-26-30-19/h3-7,27H,1-2,8-11,23H2,(H3,22,28,29)(H2,24,31,32). The molecular formula is C21H25N9O4S2. The molecule has 0 unspecified atom stereocenters. The maximum atomic E-state index is 13.4. The molecule has 0 bridgehead atoms. The fourth-order valence-electron chi connectivity index (χ4n) is 4.70. The molecule has 190 valence electrons. The molecule has 13 nitrogen and oxygen atoms in total. The second kappa shape index (κ2) is 8.70. The third-order valence-electron chi connectivity index (χ3n) is 6.40. The second-order valence-electron chi connectivity index (χ2n) is 8.94. The lowest BCUT2D eigenvalue weighted by Gasteiger charge is -2.24. The lowest BCUT2D eigenvalue weighted by Crippen LogP contribution is -2.48. The van der Waals surface area contributed by atoms with Crippen molar-refractivity contribution in [3.05, 3.63) is 35.9 Å². The van der Waals surface area contributed by atoms with Gasteiger partial charge in [0.05, 0.1) is 16.6 Å². The average Bonchev–Trinajstić information content (AvgIpc) is 3.57. The van der Waals surface area contributed by atoms with E-state index in [4.69, 9.17) is 16.6 Å². The van der Waals surface area contributed by atoms with Crippen LogP contribution in [0.5, 0.6) is 0 Å². The monoisotopic (exact) mass is 531 g/mol. The number of sulfonamides is 2. The Morgan fingerprint density at radius 1 is 1.06 bits per heavy atom. The minimum absolute atomic E-state index is 0.0384. The summed E-state index contributed by atoms with van der Waals surface area (Å²) in [7, 11) is -8.95. The van der Waals surface area contributed by atoms with E-state index in [0.29, 0.717) is 35.0 Å². The summed E-state index contributed by atoms with van der Waals surface area (Å²) in [4.78, 5) is 10.2. The van der Waals surface area contributed by atoms with Crippen LogP contribution in [0.2, 0.25) is 0 Å². The minimum Gasteiger partial charge on any atom is -0.369 e. The van der Waals surface area contributed by atoms with E-state index >= 15 is 0 Å². The topological polar surface area (TPSA) is 224 Å². The maximum absolute atomic E-state index is 13.4. The number of primary sulfonamides is 1. The van der Waals surface area contributed by atoms with Crippen molar-refractivity contribution in [2.45, 2.75) is 41.0 Å². The van der Waals surface area contributed by atoms with Crippen LogP contribution >= 0.6 is 0 Å². The van der Waals surface area contributed by atoms with Gasteiger partial charge in [0.25, 0.3) is 0 Å². The molecule has 1 saturated carbocycles. The summed E-state index contributed by atoms with van der Waals surface area (Å²) in [5.41, 5.74) is 13.2. The number of aromatic amines is 1. The predicted molar refractivity (Wildman–Crippen MR) is 134 cm³/mol. The molecule has 36 heavy (non-hydrogen) atoms. The van der Waals surface area contributed by atoms with Gasteiger partial charge in [-0.1, -0.05) is 31.0 Å². The normalized spacial score (nSPS) is 17.7. The number of hydrogen-bond acceptors (Lipinski definition) is 10. The van der Waals surface area contributed by atoms with Crippen molar-refractivity contribution in [3.63, 3.8) is 0 Å². The van der Waals surface area contributed by atoms with Crippen LogP contribution in [0.3, 0.4) is 0 Å². The third-order valence-corrected chi connectivity index (χ3v) is 8.97. The summed E-state index contributed by atoms with van der Waals surface area (Å²) >= 11 is 0. The number of imidazole rings is 1. The first-order valence-corrected chi connectivity index (χ1v) is 14.2. The highest BCUT2D eigenvalue weighted by Crippen LogP contribution is 2.37. The lowest BCUT2D eigenvalue weighted by molar-refractivity contribution is 0.431. The summed E-state index contributed by atoms with van der Waals surface area (Å²) < 4.78 is 55.2. The number of nitrogens with one attached hydrogen (secondary N) is 2. The van der Waals surface area contributed by atoms with E-state index in [1.807, 2.05) is 0 Å². The number of aromatic nitrogens is 2. The molecule has 2 heterocycles. The molecule has 0 radical (unpaired) electrons. The summed E-state index contributed by atoms with van der Waals surface area (Å²) in [6.45, 7) is -0.0771. The maximum Gasteiger partial charge on any atom is 0.242 e. The Bertz CT molecular complexity index is 1640. The molecule has 1 fully saturated rings. The second-order valence-corrected chi connectivity index (χ2v) is 12.2. The highest BCUT2D eigenvalue weighted by Gasteiger charge is 2.35. The van der Waals surface area contributed by atoms with Crippen LogP contribution in [0.4, 0.5) is 5.95 Å². The third kappa shape index (κ3) is 4.39. The molecule has 0 atom stereocenters. The summed E-state index contributed by atoms with van der Waals surface area (Å²) in [5, 5.41) is 13.4. The predicted octanol–water partition coefficient (Wildman–Crippen LogP) is 1.18. The van der Waals surface area contributed by atoms with Crippen molar-refractivity contribution < 1.29 is 16.8 Å². The van der Waals surface area contributed by atoms with Crippen LogP contribution in [0, 0.1) is 0 Å². The van der Waals surface area contributed by atoms with Crippen molar-refractivity contribution in [3.8, 4) is 11.1 Å². The molecular weight excluding hydrogens is 506 g/mol. The van der Waals surface area contributed by atoms with Gasteiger partial charge in [-0.05, 0) is 30.5 Å². The van der Waals surface area contributed by atoms with Crippen LogP contribution in [0.1, 0.15) is 31.2 Å². The number of rotatable bonds is 7. The van der Waals surface area contributed by atoms with E-state index in [-0.39, 0.29) is 30.6 Å². The van der Waals surface area contributed by atoms with Gasteiger partial charge in [-0.15, -0.1) is 5.11 Å². The van der Waals surface area contributed by atoms with Gasteiger partial charge in [0.1, 0.15) is 9.79 Å². The first kappa shape index (κ1) is 24.5. The van der Waals surface area contributed by atoms with Crippen LogP contribution in [-0.4, -0.2) is 51.4 Å². The number of fused-ring (bicyclic) bond motifs is 1. The van der Waals surface area contributed by atoms with Gasteiger partial charge in [0.2, 0.25) is 20.0 Å². The Hall–Kier alpha value is -3.24. The van der Waals surface area contributed by atoms with Gasteiger partial charge in [0, 0.05) is 17.6 Å². The number of H-pyrrole nitrogens is 1. The van der Waals surface area contributed by atoms with Crippen LogP contribution in [0.15, 0.2) is 55.3 Å². The van der Waals surface area contributed by atoms with Crippen molar-refractivity contribution >= 4 is 42.9 Å². The molecule has 0 spiro atoms. The van der Waals surface area contributed by atoms with E-state index in [9.17, 15) is 16.8 Å². The SMILES string of the molecule is Nc1nc2c(-c3ccc(S(=O)(=O)NCC4(N)CCCC4)c(S(N)(=O)=O)c3C3=NCN=N3)cccc2[nH]1. The lowest BCUT2D eigenvalue weighted by atomic mass is 9.97. The summed E-state index contributed by atoms with van der Waals surface area (Å²) in [6, 6.07) is 7.85. The number of nitrogens with two attached hydrogens (primary N) is 3. The highest BCUT2D eigenvalue weighted by molar-refractivity contribution is 7.92. The fourth-order valence-corrected chi connectivity index (χ4v) is 7.44. The zero-order chi connectivity index (χ0) is 25.7. The molecule has 3 aromatic rings. The van der Waals surface area contributed by atoms with Crippen LogP contribution < -0.4 is 21.3 Å². The van der Waals surface area contributed by atoms with E-state index < -0.39 is 35.4 Å². The highest BCUT2D eigenvalue weighted by atomic mass is 32.2. The molecule has 8 N–H and O–H groups in total. The first-order chi connectivity index (χ1) is 17.0.